The molecule has 2 aromatic carbocycles. The number of aromatic nitrogens is 2. The molecule has 31 heavy (non-hydrogen) atoms. The van der Waals surface area contributed by atoms with Gasteiger partial charge in [0.15, 0.2) is 6.10 Å². The zero-order valence-corrected chi connectivity index (χ0v) is 18.0. The highest BCUT2D eigenvalue weighted by Gasteiger charge is 2.20. The van der Waals surface area contributed by atoms with Crippen molar-refractivity contribution in [2.45, 2.75) is 32.9 Å². The summed E-state index contributed by atoms with van der Waals surface area (Å²) in [6.07, 6.45) is 1.32. The molecule has 0 bridgehead atoms. The molecule has 3 aromatic rings. The van der Waals surface area contributed by atoms with E-state index in [1.807, 2.05) is 49.4 Å². The van der Waals surface area contributed by atoms with Crippen LogP contribution in [0.1, 0.15) is 24.5 Å². The first kappa shape index (κ1) is 23.9. The van der Waals surface area contributed by atoms with Crippen LogP contribution in [0.2, 0.25) is 0 Å². The number of benzene rings is 2. The second-order valence-corrected chi connectivity index (χ2v) is 6.80. The third-order valence-electron chi connectivity index (χ3n) is 4.37. The largest absolute Gasteiger partial charge is 0.618 e. The highest BCUT2D eigenvalue weighted by molar-refractivity contribution is 5.85. The minimum atomic E-state index is -1.13. The van der Waals surface area contributed by atoms with Gasteiger partial charge in [-0.05, 0) is 53.8 Å². The highest BCUT2D eigenvalue weighted by Crippen LogP contribution is 2.29. The molecule has 0 fully saturated rings. The maximum atomic E-state index is 11.9. The zero-order valence-electron chi connectivity index (χ0n) is 17.1. The molecule has 0 aliphatic heterocycles. The third-order valence-corrected chi connectivity index (χ3v) is 4.37. The van der Waals surface area contributed by atoms with Crippen LogP contribution in [0.25, 0.3) is 11.1 Å². The Labute approximate surface area is 186 Å². The van der Waals surface area contributed by atoms with Gasteiger partial charge in [-0.3, -0.25) is 0 Å². The molecule has 0 aliphatic rings. The van der Waals surface area contributed by atoms with Crippen molar-refractivity contribution in [2.24, 2.45) is 5.73 Å². The van der Waals surface area contributed by atoms with Gasteiger partial charge in [0.05, 0.1) is 0 Å². The van der Waals surface area contributed by atoms with Crippen molar-refractivity contribution in [2.75, 3.05) is 0 Å². The fourth-order valence-electron chi connectivity index (χ4n) is 2.95. The standard InChI is InChI=1S/C22H23N3O5.ClH/c1-3-19(22(26)27)30-21-13-25(28)12-20(24-21)29-18-8-14(2)7-17(10-18)16-6-4-5-15(9-16)11-23;/h4-10,12-13,19H,3,11,23H2,1-2H3,(H,26,27);1H. The number of aliphatic carboxylic acids is 1. The monoisotopic (exact) mass is 445 g/mol. The molecular formula is C22H24ClN3O5. The topological polar surface area (TPSA) is 122 Å². The maximum absolute atomic E-state index is 11.9. The average Bonchev–Trinajstić information content (AvgIpc) is 2.71. The normalized spacial score (nSPS) is 11.3. The van der Waals surface area contributed by atoms with Crippen LogP contribution in [0.3, 0.4) is 0 Å². The van der Waals surface area contributed by atoms with Gasteiger partial charge >= 0.3 is 5.97 Å². The summed E-state index contributed by atoms with van der Waals surface area (Å²) in [5.74, 6) is -0.778. The van der Waals surface area contributed by atoms with Crippen molar-refractivity contribution in [3.05, 3.63) is 71.2 Å². The highest BCUT2D eigenvalue weighted by atomic mass is 35.5. The second-order valence-electron chi connectivity index (χ2n) is 6.80. The van der Waals surface area contributed by atoms with Gasteiger partial charge in [0, 0.05) is 6.54 Å². The minimum Gasteiger partial charge on any atom is -0.618 e. The predicted octanol–water partition coefficient (Wildman–Crippen LogP) is 3.61. The van der Waals surface area contributed by atoms with Crippen LogP contribution >= 0.6 is 12.4 Å². The predicted molar refractivity (Wildman–Crippen MR) is 117 cm³/mol. The summed E-state index contributed by atoms with van der Waals surface area (Å²) >= 11 is 0. The first-order valence-corrected chi connectivity index (χ1v) is 9.47. The van der Waals surface area contributed by atoms with Crippen molar-refractivity contribution in [1.29, 1.82) is 0 Å². The molecule has 3 rings (SSSR count). The van der Waals surface area contributed by atoms with E-state index in [0.717, 1.165) is 34.6 Å². The fourth-order valence-corrected chi connectivity index (χ4v) is 2.95. The molecule has 0 radical (unpaired) electrons. The van der Waals surface area contributed by atoms with E-state index in [1.54, 1.807) is 6.92 Å². The minimum absolute atomic E-state index is 0. The Morgan fingerprint density at radius 2 is 1.94 bits per heavy atom. The van der Waals surface area contributed by atoms with Gasteiger partial charge in [-0.25, -0.2) is 4.79 Å². The lowest BCUT2D eigenvalue weighted by Crippen LogP contribution is -2.30. The lowest BCUT2D eigenvalue weighted by Gasteiger charge is -2.13. The molecule has 1 atom stereocenters. The van der Waals surface area contributed by atoms with Gasteiger partial charge in [0.1, 0.15) is 5.75 Å². The van der Waals surface area contributed by atoms with Crippen molar-refractivity contribution in [3.63, 3.8) is 0 Å². The van der Waals surface area contributed by atoms with Crippen LogP contribution in [0.15, 0.2) is 54.9 Å². The first-order chi connectivity index (χ1) is 14.4. The van der Waals surface area contributed by atoms with Crippen LogP contribution in [0.5, 0.6) is 17.5 Å². The molecule has 0 amide bonds. The Morgan fingerprint density at radius 1 is 1.19 bits per heavy atom. The molecule has 164 valence electrons. The fraction of sp³-hybridized carbons (Fsp3) is 0.227. The van der Waals surface area contributed by atoms with Crippen LogP contribution in [-0.2, 0) is 11.3 Å². The van der Waals surface area contributed by atoms with Crippen molar-refractivity contribution >= 4 is 18.4 Å². The Hall–Kier alpha value is -3.36. The van der Waals surface area contributed by atoms with Gasteiger partial charge < -0.3 is 25.5 Å². The first-order valence-electron chi connectivity index (χ1n) is 9.47. The van der Waals surface area contributed by atoms with Crippen LogP contribution < -0.4 is 19.9 Å². The molecule has 1 unspecified atom stereocenters. The summed E-state index contributed by atoms with van der Waals surface area (Å²) in [6.45, 7) is 4.04. The van der Waals surface area contributed by atoms with Gasteiger partial charge in [0.25, 0.3) is 11.8 Å². The Morgan fingerprint density at radius 3 is 2.61 bits per heavy atom. The molecule has 8 nitrogen and oxygen atoms in total. The second kappa shape index (κ2) is 10.6. The number of nitrogens with two attached hydrogens (primary N) is 1. The van der Waals surface area contributed by atoms with Crippen LogP contribution in [-0.4, -0.2) is 22.2 Å². The number of carbonyl (C=O) groups is 1. The van der Waals surface area contributed by atoms with E-state index < -0.39 is 12.1 Å². The Kier molecular flexibility index (Phi) is 8.18. The van der Waals surface area contributed by atoms with Gasteiger partial charge in [-0.2, -0.15) is 9.71 Å². The van der Waals surface area contributed by atoms with E-state index in [0.29, 0.717) is 17.0 Å². The molecular weight excluding hydrogens is 422 g/mol. The number of ether oxygens (including phenoxy) is 2. The Balaban J connectivity index is 0.00000341. The summed E-state index contributed by atoms with van der Waals surface area (Å²) in [6, 6.07) is 13.5. The zero-order chi connectivity index (χ0) is 21.7. The van der Waals surface area contributed by atoms with Crippen molar-refractivity contribution in [3.8, 4) is 28.6 Å². The average molecular weight is 446 g/mol. The van der Waals surface area contributed by atoms with Crippen molar-refractivity contribution in [1.82, 2.24) is 4.98 Å². The number of carboxylic acids is 1. The van der Waals surface area contributed by atoms with Crippen molar-refractivity contribution < 1.29 is 24.1 Å². The lowest BCUT2D eigenvalue weighted by atomic mass is 10.0. The van der Waals surface area contributed by atoms with Gasteiger partial charge in [0.2, 0.25) is 12.4 Å². The molecule has 1 heterocycles. The molecule has 1 aromatic heterocycles. The lowest BCUT2D eigenvalue weighted by molar-refractivity contribution is -0.606. The van der Waals surface area contributed by atoms with Crippen LogP contribution in [0.4, 0.5) is 0 Å². The summed E-state index contributed by atoms with van der Waals surface area (Å²) < 4.78 is 11.6. The summed E-state index contributed by atoms with van der Waals surface area (Å²) in [5, 5.41) is 21.1. The van der Waals surface area contributed by atoms with Gasteiger partial charge in [-0.15, -0.1) is 12.4 Å². The maximum Gasteiger partial charge on any atom is 0.344 e. The quantitative estimate of drug-likeness (QED) is 0.401. The smallest absolute Gasteiger partial charge is 0.344 e. The van der Waals surface area contributed by atoms with E-state index in [1.165, 1.54) is 0 Å². The third kappa shape index (κ3) is 6.31. The number of hydrogen-bond acceptors (Lipinski definition) is 6. The van der Waals surface area contributed by atoms with E-state index in [9.17, 15) is 10.0 Å². The SMILES string of the molecule is CCC(Oc1c[n+]([O-])cc(Oc2cc(C)cc(-c3cccc(CN)c3)c2)n1)C(=O)O.Cl. The Bertz CT molecular complexity index is 1060. The van der Waals surface area contributed by atoms with E-state index in [-0.39, 0.29) is 30.6 Å². The molecule has 0 spiro atoms. The molecule has 9 heteroatoms. The number of aryl methyl sites for hydroxylation is 1. The number of rotatable bonds is 8. The summed E-state index contributed by atoms with van der Waals surface area (Å²) in [4.78, 5) is 15.3. The number of halogens is 1. The number of hydrogen-bond donors (Lipinski definition) is 2. The number of nitrogens with zero attached hydrogens (tertiary/aromatic N) is 2. The molecule has 0 saturated carbocycles. The van der Waals surface area contributed by atoms with E-state index in [2.05, 4.69) is 4.98 Å². The summed E-state index contributed by atoms with van der Waals surface area (Å²) in [7, 11) is 0. The van der Waals surface area contributed by atoms with Crippen LogP contribution in [0, 0.1) is 12.1 Å². The number of carboxylic acid groups (broad SMARTS) is 1. The van der Waals surface area contributed by atoms with Gasteiger partial charge in [-0.1, -0.05) is 31.2 Å². The van der Waals surface area contributed by atoms with E-state index in [4.69, 9.17) is 20.3 Å². The molecule has 3 N–H and O–H groups in total. The molecule has 0 saturated heterocycles. The molecule has 0 aliphatic carbocycles. The summed E-state index contributed by atoms with van der Waals surface area (Å²) in [5.41, 5.74) is 9.63. The van der Waals surface area contributed by atoms with E-state index >= 15 is 0 Å².